The Kier molecular flexibility index (Phi) is 5.84. The molecule has 0 atom stereocenters. The van der Waals surface area contributed by atoms with E-state index in [1.807, 2.05) is 37.3 Å². The number of halogens is 1. The highest BCUT2D eigenvalue weighted by Gasteiger charge is 2.21. The van der Waals surface area contributed by atoms with Gasteiger partial charge in [0.15, 0.2) is 11.5 Å². The number of fused-ring (bicyclic) bond motifs is 1. The van der Waals surface area contributed by atoms with Crippen LogP contribution in [0.1, 0.15) is 16.7 Å². The zero-order chi connectivity index (χ0) is 18.7. The second kappa shape index (κ2) is 8.10. The van der Waals surface area contributed by atoms with Crippen molar-refractivity contribution in [2.75, 3.05) is 32.6 Å². The van der Waals surface area contributed by atoms with Crippen LogP contribution in [-0.2, 0) is 17.8 Å². The highest BCUT2D eigenvalue weighted by Crippen LogP contribution is 2.33. The lowest BCUT2D eigenvalue weighted by Crippen LogP contribution is -2.37. The molecule has 1 N–H and O–H groups in total. The molecule has 1 aliphatic heterocycles. The Hall–Kier alpha value is -2.05. The highest BCUT2D eigenvalue weighted by molar-refractivity contribution is 9.10. The number of carbonyl (C=O) groups excluding carboxylic acids is 1. The normalized spacial score (nSPS) is 13.8. The van der Waals surface area contributed by atoms with Crippen molar-refractivity contribution in [2.24, 2.45) is 0 Å². The summed E-state index contributed by atoms with van der Waals surface area (Å²) < 4.78 is 11.8. The molecule has 138 valence electrons. The first-order valence-corrected chi connectivity index (χ1v) is 9.31. The quantitative estimate of drug-likeness (QED) is 0.802. The van der Waals surface area contributed by atoms with E-state index in [2.05, 4.69) is 26.1 Å². The molecule has 0 aliphatic carbocycles. The minimum atomic E-state index is -0.00956. The van der Waals surface area contributed by atoms with Crippen LogP contribution in [0.3, 0.4) is 0 Å². The van der Waals surface area contributed by atoms with Crippen molar-refractivity contribution in [2.45, 2.75) is 19.9 Å². The third kappa shape index (κ3) is 4.19. The molecule has 5 nitrogen and oxygen atoms in total. The lowest BCUT2D eigenvalue weighted by atomic mass is 9.99. The summed E-state index contributed by atoms with van der Waals surface area (Å²) in [7, 11) is 3.28. The lowest BCUT2D eigenvalue weighted by Gasteiger charge is -2.29. The monoisotopic (exact) mass is 418 g/mol. The number of aryl methyl sites for hydroxylation is 1. The Morgan fingerprint density at radius 2 is 1.85 bits per heavy atom. The van der Waals surface area contributed by atoms with Crippen LogP contribution >= 0.6 is 15.9 Å². The van der Waals surface area contributed by atoms with Gasteiger partial charge in [-0.15, -0.1) is 0 Å². The number of hydrogen-bond acceptors (Lipinski definition) is 4. The van der Waals surface area contributed by atoms with Gasteiger partial charge in [-0.25, -0.2) is 0 Å². The van der Waals surface area contributed by atoms with Gasteiger partial charge in [0, 0.05) is 23.2 Å². The number of amides is 1. The topological polar surface area (TPSA) is 50.8 Å². The number of ether oxygens (including phenoxy) is 2. The van der Waals surface area contributed by atoms with Crippen molar-refractivity contribution >= 4 is 27.5 Å². The number of hydrogen-bond donors (Lipinski definition) is 1. The zero-order valence-corrected chi connectivity index (χ0v) is 16.9. The molecule has 0 unspecified atom stereocenters. The second-order valence-electron chi connectivity index (χ2n) is 6.45. The molecule has 0 radical (unpaired) electrons. The van der Waals surface area contributed by atoms with Gasteiger partial charge in [0.1, 0.15) is 0 Å². The molecule has 1 aliphatic rings. The molecule has 26 heavy (non-hydrogen) atoms. The van der Waals surface area contributed by atoms with E-state index < -0.39 is 0 Å². The fourth-order valence-corrected chi connectivity index (χ4v) is 3.53. The van der Waals surface area contributed by atoms with E-state index in [1.54, 1.807) is 14.2 Å². The van der Waals surface area contributed by atoms with Gasteiger partial charge >= 0.3 is 0 Å². The van der Waals surface area contributed by atoms with Gasteiger partial charge in [0.25, 0.3) is 0 Å². The molecule has 0 fully saturated rings. The van der Waals surface area contributed by atoms with Gasteiger partial charge < -0.3 is 14.8 Å². The van der Waals surface area contributed by atoms with Crippen molar-refractivity contribution in [1.82, 2.24) is 4.90 Å². The highest BCUT2D eigenvalue weighted by atomic mass is 79.9. The van der Waals surface area contributed by atoms with E-state index in [1.165, 1.54) is 11.1 Å². The molecule has 0 saturated carbocycles. The summed E-state index contributed by atoms with van der Waals surface area (Å²) in [5.41, 5.74) is 4.37. The van der Waals surface area contributed by atoms with Crippen molar-refractivity contribution in [3.8, 4) is 11.5 Å². The number of anilines is 1. The Labute approximate surface area is 162 Å². The maximum absolute atomic E-state index is 12.4. The fraction of sp³-hybridized carbons (Fsp3) is 0.350. The average molecular weight is 419 g/mol. The van der Waals surface area contributed by atoms with Gasteiger partial charge in [-0.2, -0.15) is 0 Å². The van der Waals surface area contributed by atoms with Crippen LogP contribution in [0.15, 0.2) is 34.8 Å². The molecule has 0 bridgehead atoms. The van der Waals surface area contributed by atoms with Gasteiger partial charge in [-0.3, -0.25) is 9.69 Å². The maximum atomic E-state index is 12.4. The zero-order valence-electron chi connectivity index (χ0n) is 15.3. The maximum Gasteiger partial charge on any atom is 0.238 e. The van der Waals surface area contributed by atoms with Gasteiger partial charge in [-0.1, -0.05) is 22.0 Å². The van der Waals surface area contributed by atoms with Gasteiger partial charge in [-0.05, 0) is 54.3 Å². The first kappa shape index (κ1) is 18.7. The van der Waals surface area contributed by atoms with Crippen molar-refractivity contribution in [3.05, 3.63) is 51.5 Å². The van der Waals surface area contributed by atoms with E-state index in [0.29, 0.717) is 6.54 Å². The molecule has 0 saturated heterocycles. The number of methoxy groups -OCH3 is 2. The fourth-order valence-electron chi connectivity index (χ4n) is 3.15. The standard InChI is InChI=1S/C20H23BrN2O3/c1-13-4-5-16(10-17(13)21)22-20(24)12-23-7-6-14-8-18(25-2)19(26-3)9-15(14)11-23/h4-5,8-10H,6-7,11-12H2,1-3H3,(H,22,24). The van der Waals surface area contributed by atoms with E-state index in [9.17, 15) is 4.79 Å². The number of rotatable bonds is 5. The van der Waals surface area contributed by atoms with E-state index >= 15 is 0 Å². The van der Waals surface area contributed by atoms with Gasteiger partial charge in [0.05, 0.1) is 20.8 Å². The molecule has 2 aromatic carbocycles. The van der Waals surface area contributed by atoms with Crippen LogP contribution in [-0.4, -0.2) is 38.1 Å². The minimum Gasteiger partial charge on any atom is -0.493 e. The predicted molar refractivity (Wildman–Crippen MR) is 106 cm³/mol. The van der Waals surface area contributed by atoms with Crippen molar-refractivity contribution < 1.29 is 14.3 Å². The van der Waals surface area contributed by atoms with E-state index in [-0.39, 0.29) is 5.91 Å². The molecular formula is C20H23BrN2O3. The van der Waals surface area contributed by atoms with Crippen LogP contribution in [0.25, 0.3) is 0 Å². The molecule has 1 amide bonds. The van der Waals surface area contributed by atoms with Crippen LogP contribution in [0.5, 0.6) is 11.5 Å². The molecule has 3 rings (SSSR count). The van der Waals surface area contributed by atoms with Crippen LogP contribution < -0.4 is 14.8 Å². The molecule has 2 aromatic rings. The smallest absolute Gasteiger partial charge is 0.238 e. The van der Waals surface area contributed by atoms with E-state index in [4.69, 9.17) is 9.47 Å². The Balaban J connectivity index is 1.65. The number of benzene rings is 2. The summed E-state index contributed by atoms with van der Waals surface area (Å²) in [6, 6.07) is 9.87. The predicted octanol–water partition coefficient (Wildman–Crippen LogP) is 3.77. The van der Waals surface area contributed by atoms with Crippen LogP contribution in [0.4, 0.5) is 5.69 Å². The van der Waals surface area contributed by atoms with Gasteiger partial charge in [0.2, 0.25) is 5.91 Å². The summed E-state index contributed by atoms with van der Waals surface area (Å²) in [5.74, 6) is 1.47. The van der Waals surface area contributed by atoms with Crippen LogP contribution in [0.2, 0.25) is 0 Å². The van der Waals surface area contributed by atoms with Crippen LogP contribution in [0, 0.1) is 6.92 Å². The first-order chi connectivity index (χ1) is 12.5. The molecular weight excluding hydrogens is 396 g/mol. The molecule has 0 aromatic heterocycles. The summed E-state index contributed by atoms with van der Waals surface area (Å²) in [6.45, 7) is 3.94. The van der Waals surface area contributed by atoms with Crippen molar-refractivity contribution in [3.63, 3.8) is 0 Å². The largest absolute Gasteiger partial charge is 0.493 e. The SMILES string of the molecule is COc1cc2c(cc1OC)CN(CC(=O)Nc1ccc(C)c(Br)c1)CC2. The van der Waals surface area contributed by atoms with E-state index in [0.717, 1.165) is 46.7 Å². The number of carbonyl (C=O) groups is 1. The molecule has 6 heteroatoms. The minimum absolute atomic E-state index is 0.00956. The lowest BCUT2D eigenvalue weighted by molar-refractivity contribution is -0.117. The number of nitrogens with one attached hydrogen (secondary N) is 1. The summed E-state index contributed by atoms with van der Waals surface area (Å²) in [5, 5.41) is 2.97. The second-order valence-corrected chi connectivity index (χ2v) is 7.30. The molecule has 1 heterocycles. The first-order valence-electron chi connectivity index (χ1n) is 8.52. The molecule has 0 spiro atoms. The average Bonchev–Trinajstić information content (AvgIpc) is 2.63. The summed E-state index contributed by atoms with van der Waals surface area (Å²) in [4.78, 5) is 14.5. The summed E-state index contributed by atoms with van der Waals surface area (Å²) in [6.07, 6.45) is 0.888. The number of nitrogens with zero attached hydrogens (tertiary/aromatic N) is 1. The Morgan fingerprint density at radius 3 is 2.50 bits per heavy atom. The Bertz CT molecular complexity index is 823. The summed E-state index contributed by atoms with van der Waals surface area (Å²) >= 11 is 3.49. The third-order valence-corrected chi connectivity index (χ3v) is 5.47. The third-order valence-electron chi connectivity index (χ3n) is 4.62. The Morgan fingerprint density at radius 1 is 1.15 bits per heavy atom. The van der Waals surface area contributed by atoms with Crippen molar-refractivity contribution in [1.29, 1.82) is 0 Å².